The summed E-state index contributed by atoms with van der Waals surface area (Å²) in [5.41, 5.74) is 7.65. The number of amidine groups is 1. The van der Waals surface area contributed by atoms with E-state index in [4.69, 9.17) is 10.9 Å². The Labute approximate surface area is 119 Å². The Morgan fingerprint density at radius 3 is 3.10 bits per heavy atom. The van der Waals surface area contributed by atoms with Gasteiger partial charge in [0.25, 0.3) is 0 Å². The third-order valence-corrected chi connectivity index (χ3v) is 4.41. The van der Waals surface area contributed by atoms with E-state index in [2.05, 4.69) is 21.0 Å². The van der Waals surface area contributed by atoms with Crippen LogP contribution >= 0.6 is 0 Å². The van der Waals surface area contributed by atoms with Crippen molar-refractivity contribution in [1.82, 2.24) is 9.80 Å². The maximum atomic E-state index is 8.75. The normalized spacial score (nSPS) is 24.8. The minimum absolute atomic E-state index is 0.174. The molecule has 3 N–H and O–H groups in total. The molecule has 0 amide bonds. The van der Waals surface area contributed by atoms with E-state index >= 15 is 0 Å². The molecular weight excluding hydrogens is 252 g/mol. The minimum atomic E-state index is 0.174. The standard InChI is InChI=1S/C15H22N4O/c16-15(17-20)13-4-1-3-12(9-13)10-18-7-8-19-6-2-5-14(19)11-18/h1,3-4,9,14,20H,2,5-8,10-11H2,(H2,16,17). The summed E-state index contributed by atoms with van der Waals surface area (Å²) < 4.78 is 0. The van der Waals surface area contributed by atoms with Crippen LogP contribution in [0.15, 0.2) is 29.4 Å². The summed E-state index contributed by atoms with van der Waals surface area (Å²) in [4.78, 5) is 5.13. The fraction of sp³-hybridized carbons (Fsp3) is 0.533. The number of nitrogens with zero attached hydrogens (tertiary/aromatic N) is 3. The SMILES string of the molecule is N/C(=N/O)c1cccc(CN2CCN3CCCC3C2)c1. The second kappa shape index (κ2) is 5.81. The molecule has 2 fully saturated rings. The predicted molar refractivity (Wildman–Crippen MR) is 78.8 cm³/mol. The summed E-state index contributed by atoms with van der Waals surface area (Å²) in [6.07, 6.45) is 2.68. The van der Waals surface area contributed by atoms with E-state index in [-0.39, 0.29) is 5.84 Å². The number of rotatable bonds is 3. The van der Waals surface area contributed by atoms with Gasteiger partial charge in [0, 0.05) is 37.8 Å². The van der Waals surface area contributed by atoms with Gasteiger partial charge in [0.05, 0.1) is 0 Å². The molecule has 5 nitrogen and oxygen atoms in total. The van der Waals surface area contributed by atoms with Crippen LogP contribution in [0.1, 0.15) is 24.0 Å². The number of hydrogen-bond donors (Lipinski definition) is 2. The summed E-state index contributed by atoms with van der Waals surface area (Å²) in [5.74, 6) is 0.174. The van der Waals surface area contributed by atoms with E-state index in [1.807, 2.05) is 18.2 Å². The predicted octanol–water partition coefficient (Wildman–Crippen LogP) is 1.06. The Kier molecular flexibility index (Phi) is 3.89. The maximum Gasteiger partial charge on any atom is 0.170 e. The van der Waals surface area contributed by atoms with Crippen molar-refractivity contribution in [2.45, 2.75) is 25.4 Å². The summed E-state index contributed by atoms with van der Waals surface area (Å²) in [5, 5.41) is 11.8. The van der Waals surface area contributed by atoms with Crippen LogP contribution < -0.4 is 5.73 Å². The van der Waals surface area contributed by atoms with Crippen molar-refractivity contribution in [2.75, 3.05) is 26.2 Å². The van der Waals surface area contributed by atoms with E-state index < -0.39 is 0 Å². The Balaban J connectivity index is 1.66. The second-order valence-electron chi connectivity index (χ2n) is 5.75. The molecule has 1 atom stereocenters. The quantitative estimate of drug-likeness (QED) is 0.374. The summed E-state index contributed by atoms with van der Waals surface area (Å²) in [7, 11) is 0. The van der Waals surface area contributed by atoms with Gasteiger partial charge in [0.1, 0.15) is 0 Å². The third kappa shape index (κ3) is 2.78. The number of piperazine rings is 1. The lowest BCUT2D eigenvalue weighted by atomic mass is 10.1. The zero-order valence-corrected chi connectivity index (χ0v) is 11.7. The van der Waals surface area contributed by atoms with Crippen molar-refractivity contribution >= 4 is 5.84 Å². The van der Waals surface area contributed by atoms with Gasteiger partial charge < -0.3 is 10.9 Å². The zero-order chi connectivity index (χ0) is 13.9. The first-order valence-corrected chi connectivity index (χ1v) is 7.29. The van der Waals surface area contributed by atoms with Gasteiger partial charge >= 0.3 is 0 Å². The molecule has 5 heteroatoms. The summed E-state index contributed by atoms with van der Waals surface area (Å²) in [6.45, 7) is 5.69. The van der Waals surface area contributed by atoms with Gasteiger partial charge in [-0.1, -0.05) is 23.4 Å². The molecule has 108 valence electrons. The van der Waals surface area contributed by atoms with Crippen LogP contribution in [0.2, 0.25) is 0 Å². The minimum Gasteiger partial charge on any atom is -0.409 e. The lowest BCUT2D eigenvalue weighted by Crippen LogP contribution is -2.49. The molecule has 1 aromatic carbocycles. The zero-order valence-electron chi connectivity index (χ0n) is 11.7. The van der Waals surface area contributed by atoms with Crippen LogP contribution in [0.3, 0.4) is 0 Å². The fourth-order valence-electron chi connectivity index (χ4n) is 3.34. The molecule has 1 unspecified atom stereocenters. The Bertz CT molecular complexity index is 502. The molecule has 2 aliphatic rings. The van der Waals surface area contributed by atoms with Crippen molar-refractivity contribution in [1.29, 1.82) is 0 Å². The Hall–Kier alpha value is -1.59. The molecule has 2 aliphatic heterocycles. The topological polar surface area (TPSA) is 65.1 Å². The smallest absolute Gasteiger partial charge is 0.170 e. The van der Waals surface area contributed by atoms with Gasteiger partial charge in [-0.05, 0) is 31.0 Å². The molecule has 2 heterocycles. The van der Waals surface area contributed by atoms with E-state index in [1.165, 1.54) is 31.5 Å². The highest BCUT2D eigenvalue weighted by Gasteiger charge is 2.30. The molecule has 0 aromatic heterocycles. The van der Waals surface area contributed by atoms with E-state index in [1.54, 1.807) is 0 Å². The molecule has 0 spiro atoms. The molecule has 20 heavy (non-hydrogen) atoms. The van der Waals surface area contributed by atoms with Crippen LogP contribution in [-0.2, 0) is 6.54 Å². The molecule has 1 aromatic rings. The number of nitrogens with two attached hydrogens (primary N) is 1. The first kappa shape index (κ1) is 13.4. The van der Waals surface area contributed by atoms with Gasteiger partial charge in [-0.2, -0.15) is 0 Å². The van der Waals surface area contributed by atoms with Gasteiger partial charge in [-0.15, -0.1) is 0 Å². The fourth-order valence-corrected chi connectivity index (χ4v) is 3.34. The summed E-state index contributed by atoms with van der Waals surface area (Å²) in [6, 6.07) is 8.70. The van der Waals surface area contributed by atoms with Crippen LogP contribution in [0.5, 0.6) is 0 Å². The van der Waals surface area contributed by atoms with Crippen LogP contribution in [-0.4, -0.2) is 53.1 Å². The van der Waals surface area contributed by atoms with E-state index in [9.17, 15) is 0 Å². The number of fused-ring (bicyclic) bond motifs is 1. The van der Waals surface area contributed by atoms with Gasteiger partial charge in [0.15, 0.2) is 5.84 Å². The molecule has 0 aliphatic carbocycles. The molecule has 0 saturated carbocycles. The van der Waals surface area contributed by atoms with Crippen molar-refractivity contribution in [3.05, 3.63) is 35.4 Å². The molecule has 2 saturated heterocycles. The highest BCUT2D eigenvalue weighted by Crippen LogP contribution is 2.22. The van der Waals surface area contributed by atoms with Crippen LogP contribution in [0, 0.1) is 0 Å². The number of oxime groups is 1. The number of hydrogen-bond acceptors (Lipinski definition) is 4. The lowest BCUT2D eigenvalue weighted by Gasteiger charge is -2.37. The first-order chi connectivity index (χ1) is 9.76. The van der Waals surface area contributed by atoms with Crippen LogP contribution in [0.25, 0.3) is 0 Å². The monoisotopic (exact) mass is 274 g/mol. The number of benzene rings is 1. The van der Waals surface area contributed by atoms with E-state index in [0.29, 0.717) is 0 Å². The summed E-state index contributed by atoms with van der Waals surface area (Å²) >= 11 is 0. The molecule has 0 radical (unpaired) electrons. The average Bonchev–Trinajstić information content (AvgIpc) is 2.94. The van der Waals surface area contributed by atoms with Crippen LogP contribution in [0.4, 0.5) is 0 Å². The van der Waals surface area contributed by atoms with Crippen molar-refractivity contribution in [2.24, 2.45) is 10.9 Å². The first-order valence-electron chi connectivity index (χ1n) is 7.29. The molecular formula is C15H22N4O. The maximum absolute atomic E-state index is 8.75. The van der Waals surface area contributed by atoms with E-state index in [0.717, 1.165) is 31.2 Å². The highest BCUT2D eigenvalue weighted by atomic mass is 16.4. The lowest BCUT2D eigenvalue weighted by molar-refractivity contribution is 0.0994. The second-order valence-corrected chi connectivity index (χ2v) is 5.75. The molecule has 3 rings (SSSR count). The van der Waals surface area contributed by atoms with Gasteiger partial charge in [-0.3, -0.25) is 9.80 Å². The van der Waals surface area contributed by atoms with Gasteiger partial charge in [0.2, 0.25) is 0 Å². The largest absolute Gasteiger partial charge is 0.409 e. The van der Waals surface area contributed by atoms with Crippen molar-refractivity contribution in [3.63, 3.8) is 0 Å². The van der Waals surface area contributed by atoms with Crippen molar-refractivity contribution in [3.8, 4) is 0 Å². The van der Waals surface area contributed by atoms with Gasteiger partial charge in [-0.25, -0.2) is 0 Å². The third-order valence-electron chi connectivity index (χ3n) is 4.41. The Morgan fingerprint density at radius 2 is 2.25 bits per heavy atom. The Morgan fingerprint density at radius 1 is 1.35 bits per heavy atom. The average molecular weight is 274 g/mol. The molecule has 0 bridgehead atoms. The van der Waals surface area contributed by atoms with Crippen molar-refractivity contribution < 1.29 is 5.21 Å². The highest BCUT2D eigenvalue weighted by molar-refractivity contribution is 5.97.